The molecule has 0 fully saturated rings. The monoisotopic (exact) mass is 193 g/mol. The van der Waals surface area contributed by atoms with Gasteiger partial charge in [0.15, 0.2) is 0 Å². The van der Waals surface area contributed by atoms with Crippen LogP contribution >= 0.6 is 8.25 Å². The van der Waals surface area contributed by atoms with Crippen LogP contribution in [0.3, 0.4) is 0 Å². The highest BCUT2D eigenvalue weighted by atomic mass is 32.2. The zero-order chi connectivity index (χ0) is 8.08. The average Bonchev–Trinajstić information content (AvgIpc) is 1.19. The second-order valence-corrected chi connectivity index (χ2v) is 2.96. The number of hydrogen-bond acceptors (Lipinski definition) is 3. The third-order valence-electron chi connectivity index (χ3n) is 0. The van der Waals surface area contributed by atoms with Crippen molar-refractivity contribution >= 4 is 18.4 Å². The fourth-order valence-electron chi connectivity index (χ4n) is 0. The maximum Gasteiger partial charge on any atom is 0.692 e. The molecule has 0 rings (SSSR count). The van der Waals surface area contributed by atoms with Gasteiger partial charge in [-0.2, -0.15) is 8.42 Å². The first-order chi connectivity index (χ1) is 3.73. The lowest BCUT2D eigenvalue weighted by molar-refractivity contribution is 0.405. The van der Waals surface area contributed by atoms with E-state index in [0.29, 0.717) is 6.26 Å². The smallest absolute Gasteiger partial charge is 0.286 e. The van der Waals surface area contributed by atoms with Crippen LogP contribution in [0.4, 0.5) is 0 Å². The summed E-state index contributed by atoms with van der Waals surface area (Å²) < 4.78 is 34.6. The van der Waals surface area contributed by atoms with Gasteiger partial charge in [0, 0.05) is 4.57 Å². The highest BCUT2D eigenvalue weighted by Crippen LogP contribution is 1.98. The molecule has 0 aromatic rings. The Kier molecular flexibility index (Phi) is 11.6. The quantitative estimate of drug-likeness (QED) is 0.362. The van der Waals surface area contributed by atoms with E-state index in [0.717, 1.165) is 0 Å². The van der Waals surface area contributed by atoms with Crippen molar-refractivity contribution in [2.24, 2.45) is 0 Å². The molecule has 0 aliphatic heterocycles. The summed E-state index contributed by atoms with van der Waals surface area (Å²) in [4.78, 5) is 14.2. The van der Waals surface area contributed by atoms with Gasteiger partial charge in [0.25, 0.3) is 10.1 Å². The number of hydrogen-bond donors (Lipinski definition) is 3. The lowest BCUT2D eigenvalue weighted by atomic mass is 12.0. The Balaban J connectivity index is -0.0000000910. The molecule has 64 valence electrons. The molecule has 0 radical (unpaired) electrons. The Morgan fingerprint density at radius 3 is 1.30 bits per heavy atom. The molecule has 0 aliphatic carbocycles. The molecule has 0 saturated carbocycles. The van der Waals surface area contributed by atoms with Crippen molar-refractivity contribution in [3.63, 3.8) is 0 Å². The van der Waals surface area contributed by atoms with Crippen molar-refractivity contribution in [2.75, 3.05) is 6.26 Å². The fraction of sp³-hybridized carbons (Fsp3) is 1.00. The molecular weight excluding hydrogens is 183 g/mol. The topological polar surface area (TPSA) is 112 Å². The summed E-state index contributed by atoms with van der Waals surface area (Å²) in [5.74, 6) is 0. The summed E-state index contributed by atoms with van der Waals surface area (Å²) in [5.41, 5.74) is 0. The first kappa shape index (κ1) is 16.5. The molecule has 0 aliphatic rings. The van der Waals surface area contributed by atoms with Crippen molar-refractivity contribution < 1.29 is 27.3 Å². The van der Waals surface area contributed by atoms with E-state index in [2.05, 4.69) is 0 Å². The van der Waals surface area contributed by atoms with Gasteiger partial charge < -0.3 is 0 Å². The van der Waals surface area contributed by atoms with Crippen LogP contribution in [0.1, 0.15) is 7.43 Å². The molecule has 0 heterocycles. The molecule has 3 N–H and O–H groups in total. The van der Waals surface area contributed by atoms with E-state index in [1.54, 1.807) is 0 Å². The first-order valence-corrected chi connectivity index (χ1v) is 4.52. The molecule has 0 amide bonds. The Bertz CT molecular complexity index is 158. The molecule has 0 aromatic heterocycles. The van der Waals surface area contributed by atoms with Gasteiger partial charge in [-0.05, 0) is 0 Å². The predicted molar refractivity (Wildman–Crippen MR) is 36.2 cm³/mol. The van der Waals surface area contributed by atoms with Crippen LogP contribution in [0.5, 0.6) is 0 Å². The SMILES string of the molecule is C.CS(=O)(=O)O.O=[P+](O)O. The first-order valence-electron chi connectivity index (χ1n) is 1.51. The summed E-state index contributed by atoms with van der Waals surface area (Å²) in [7, 11) is -6.54. The Hall–Kier alpha value is -0.0700. The molecule has 0 unspecified atom stereocenters. The van der Waals surface area contributed by atoms with Gasteiger partial charge >= 0.3 is 8.25 Å². The van der Waals surface area contributed by atoms with Gasteiger partial charge in [-0.1, -0.05) is 7.43 Å². The third-order valence-corrected chi connectivity index (χ3v) is 0. The van der Waals surface area contributed by atoms with Crippen molar-refractivity contribution in [1.82, 2.24) is 0 Å². The molecular formula is C2H10O6PS+. The largest absolute Gasteiger partial charge is 0.692 e. The minimum absolute atomic E-state index is 0. The zero-order valence-electron chi connectivity index (χ0n) is 4.42. The van der Waals surface area contributed by atoms with E-state index in [4.69, 9.17) is 18.9 Å². The minimum Gasteiger partial charge on any atom is -0.286 e. The van der Waals surface area contributed by atoms with Crippen LogP contribution in [0.2, 0.25) is 0 Å². The molecule has 10 heavy (non-hydrogen) atoms. The average molecular weight is 193 g/mol. The van der Waals surface area contributed by atoms with E-state index in [9.17, 15) is 8.42 Å². The number of rotatable bonds is 0. The van der Waals surface area contributed by atoms with Crippen molar-refractivity contribution in [3.05, 3.63) is 0 Å². The summed E-state index contributed by atoms with van der Waals surface area (Å²) in [6.07, 6.45) is 0.715. The molecule has 0 saturated heterocycles. The minimum atomic E-state index is -3.67. The summed E-state index contributed by atoms with van der Waals surface area (Å²) in [6.45, 7) is 0. The lowest BCUT2D eigenvalue weighted by Crippen LogP contribution is -1.88. The lowest BCUT2D eigenvalue weighted by Gasteiger charge is -1.69. The molecule has 0 bridgehead atoms. The van der Waals surface area contributed by atoms with E-state index < -0.39 is 18.4 Å². The maximum atomic E-state index is 9.19. The summed E-state index contributed by atoms with van der Waals surface area (Å²) >= 11 is 0. The van der Waals surface area contributed by atoms with E-state index in [-0.39, 0.29) is 7.43 Å². The normalized spacial score (nSPS) is 8.40. The Labute approximate surface area is 60.2 Å². The molecule has 0 spiro atoms. The Morgan fingerprint density at radius 2 is 1.30 bits per heavy atom. The van der Waals surface area contributed by atoms with Crippen LogP contribution in [-0.2, 0) is 14.7 Å². The van der Waals surface area contributed by atoms with Gasteiger partial charge in [-0.25, -0.2) is 0 Å². The van der Waals surface area contributed by atoms with E-state index in [1.807, 2.05) is 0 Å². The van der Waals surface area contributed by atoms with Gasteiger partial charge in [0.1, 0.15) is 0 Å². The van der Waals surface area contributed by atoms with E-state index >= 15 is 0 Å². The predicted octanol–water partition coefficient (Wildman–Crippen LogP) is -0.231. The van der Waals surface area contributed by atoms with Crippen LogP contribution in [0, 0.1) is 0 Å². The summed E-state index contributed by atoms with van der Waals surface area (Å²) in [6, 6.07) is 0. The van der Waals surface area contributed by atoms with E-state index in [1.165, 1.54) is 0 Å². The van der Waals surface area contributed by atoms with Gasteiger partial charge in [-0.15, -0.1) is 9.79 Å². The second-order valence-electron chi connectivity index (χ2n) is 0.986. The molecule has 0 aromatic carbocycles. The van der Waals surface area contributed by atoms with Crippen molar-refractivity contribution in [3.8, 4) is 0 Å². The molecule has 0 atom stereocenters. The standard InChI is InChI=1S/CH4O3S.CH4.HO3P/c1-5(2,3)4;;1-4(2)3/h1H3,(H,2,3,4);1H4;(H-,1,2,3)/p+1. The highest BCUT2D eigenvalue weighted by Gasteiger charge is 1.93. The zero-order valence-corrected chi connectivity index (χ0v) is 6.13. The molecule has 6 nitrogen and oxygen atoms in total. The third kappa shape index (κ3) is 77700. The van der Waals surface area contributed by atoms with Gasteiger partial charge in [0.05, 0.1) is 6.26 Å². The second kappa shape index (κ2) is 7.04. The van der Waals surface area contributed by atoms with Crippen LogP contribution in [0.15, 0.2) is 0 Å². The Morgan fingerprint density at radius 1 is 1.30 bits per heavy atom. The van der Waals surface area contributed by atoms with Crippen LogP contribution in [0.25, 0.3) is 0 Å². The maximum absolute atomic E-state index is 9.19. The van der Waals surface area contributed by atoms with Crippen molar-refractivity contribution in [1.29, 1.82) is 0 Å². The molecule has 8 heteroatoms. The van der Waals surface area contributed by atoms with Gasteiger partial charge in [-0.3, -0.25) is 4.55 Å². The van der Waals surface area contributed by atoms with Crippen LogP contribution < -0.4 is 0 Å². The van der Waals surface area contributed by atoms with Gasteiger partial charge in [0.2, 0.25) is 0 Å². The van der Waals surface area contributed by atoms with Crippen molar-refractivity contribution in [2.45, 2.75) is 7.43 Å². The highest BCUT2D eigenvalue weighted by molar-refractivity contribution is 7.85. The summed E-state index contributed by atoms with van der Waals surface area (Å²) in [5, 5.41) is 0. The fourth-order valence-corrected chi connectivity index (χ4v) is 0. The van der Waals surface area contributed by atoms with Crippen LogP contribution in [-0.4, -0.2) is 29.0 Å².